The van der Waals surface area contributed by atoms with E-state index in [-0.39, 0.29) is 30.2 Å². The molecular formula is C56H56Cl4Zr-2. The van der Waals surface area contributed by atoms with Gasteiger partial charge in [-0.2, -0.15) is 11.6 Å². The van der Waals surface area contributed by atoms with E-state index in [1.54, 1.807) is 0 Å². The molecule has 314 valence electrons. The normalized spacial score (nSPS) is 13.2. The van der Waals surface area contributed by atoms with Gasteiger partial charge in [0, 0.05) is 0 Å². The molecule has 0 spiro atoms. The summed E-state index contributed by atoms with van der Waals surface area (Å²) in [5.74, 6) is 1.22. The van der Waals surface area contributed by atoms with Crippen molar-refractivity contribution in [1.82, 2.24) is 0 Å². The van der Waals surface area contributed by atoms with Crippen LogP contribution in [0.4, 0.5) is 0 Å². The molecule has 0 saturated heterocycles. The minimum atomic E-state index is 0. The van der Waals surface area contributed by atoms with Gasteiger partial charge in [-0.05, 0) is 74.9 Å². The SMILES string of the molecule is CC(C)C1[C-]=CC(C(C)(C)C)=C1.Cc1cc(C)c(-c2ccc3c(c2)[cH-]c2cc(-c4c(C)cc(C)cc4C)ccc23)c(C)c1.Clc1ccc([C](=[Zr+2])c2ccc(Cl)cc2)cc1.[Cl-].[Cl-]. The van der Waals surface area contributed by atoms with Gasteiger partial charge in [-0.3, -0.25) is 6.08 Å². The zero-order chi connectivity index (χ0) is 42.8. The number of aryl methyl sites for hydroxylation is 6. The first-order valence-electron chi connectivity index (χ1n) is 20.6. The molecular weight excluding hydrogens is 906 g/mol. The van der Waals surface area contributed by atoms with Gasteiger partial charge in [-0.25, -0.2) is 6.08 Å². The van der Waals surface area contributed by atoms with E-state index < -0.39 is 0 Å². The van der Waals surface area contributed by atoms with Crippen LogP contribution >= 0.6 is 23.2 Å². The van der Waals surface area contributed by atoms with Crippen LogP contribution in [0.1, 0.15) is 79.1 Å². The van der Waals surface area contributed by atoms with E-state index in [0.29, 0.717) is 11.8 Å². The van der Waals surface area contributed by atoms with Crippen LogP contribution in [0, 0.1) is 64.9 Å². The summed E-state index contributed by atoms with van der Waals surface area (Å²) in [4.78, 5) is 0. The zero-order valence-electron chi connectivity index (χ0n) is 37.3. The topological polar surface area (TPSA) is 0 Å². The molecule has 0 saturated carbocycles. The fourth-order valence-electron chi connectivity index (χ4n) is 8.33. The van der Waals surface area contributed by atoms with Crippen LogP contribution in [0.5, 0.6) is 0 Å². The molecule has 0 heterocycles. The van der Waals surface area contributed by atoms with Crippen LogP contribution in [-0.2, 0) is 24.2 Å². The molecule has 0 amide bonds. The van der Waals surface area contributed by atoms with Crippen molar-refractivity contribution in [3.63, 3.8) is 0 Å². The van der Waals surface area contributed by atoms with E-state index in [4.69, 9.17) is 23.2 Å². The Morgan fingerprint density at radius 1 is 0.590 bits per heavy atom. The molecule has 0 N–H and O–H groups in total. The van der Waals surface area contributed by atoms with E-state index in [1.807, 2.05) is 48.5 Å². The number of allylic oxidation sites excluding steroid dienone is 4. The van der Waals surface area contributed by atoms with Crippen LogP contribution in [0.25, 0.3) is 43.8 Å². The molecule has 0 nitrogen and oxygen atoms in total. The molecule has 7 aromatic carbocycles. The van der Waals surface area contributed by atoms with Crippen molar-refractivity contribution >= 4 is 48.0 Å². The Balaban J connectivity index is 0.000000229. The van der Waals surface area contributed by atoms with E-state index in [9.17, 15) is 0 Å². The van der Waals surface area contributed by atoms with Crippen molar-refractivity contribution in [3.8, 4) is 22.3 Å². The van der Waals surface area contributed by atoms with Gasteiger partial charge < -0.3 is 24.8 Å². The first kappa shape index (κ1) is 50.2. The second-order valence-electron chi connectivity index (χ2n) is 17.6. The summed E-state index contributed by atoms with van der Waals surface area (Å²) in [5.41, 5.74) is 17.5. The third kappa shape index (κ3) is 12.2. The summed E-state index contributed by atoms with van der Waals surface area (Å²) in [7, 11) is 0. The van der Waals surface area contributed by atoms with Crippen molar-refractivity contribution in [2.45, 2.75) is 76.2 Å². The maximum absolute atomic E-state index is 5.86. The molecule has 1 atom stereocenters. The van der Waals surface area contributed by atoms with Crippen molar-refractivity contribution in [3.05, 3.63) is 194 Å². The molecule has 0 aromatic heterocycles. The second kappa shape index (κ2) is 21.3. The average Bonchev–Trinajstić information content (AvgIpc) is 3.81. The Hall–Kier alpha value is -3.42. The number of benzene rings is 6. The fraction of sp³-hybridized carbons (Fsp3) is 0.250. The van der Waals surface area contributed by atoms with Gasteiger partial charge in [0.1, 0.15) is 0 Å². The minimum Gasteiger partial charge on any atom is -1.00 e. The van der Waals surface area contributed by atoms with Crippen LogP contribution in [0.3, 0.4) is 0 Å². The predicted molar refractivity (Wildman–Crippen MR) is 256 cm³/mol. The first-order chi connectivity index (χ1) is 27.9. The van der Waals surface area contributed by atoms with Crippen molar-refractivity contribution in [2.75, 3.05) is 0 Å². The fourth-order valence-corrected chi connectivity index (χ4v) is 9.40. The number of rotatable bonds is 5. The smallest absolute Gasteiger partial charge is 1.00 e. The van der Waals surface area contributed by atoms with Crippen LogP contribution < -0.4 is 24.8 Å². The molecule has 0 fully saturated rings. The number of fused-ring (bicyclic) bond motifs is 3. The van der Waals surface area contributed by atoms with Gasteiger partial charge in [-0.15, -0.1) is 39.7 Å². The molecule has 7 aromatic rings. The van der Waals surface area contributed by atoms with Crippen molar-refractivity contribution in [1.29, 1.82) is 0 Å². The Morgan fingerprint density at radius 2 is 0.967 bits per heavy atom. The predicted octanol–water partition coefficient (Wildman–Crippen LogP) is 10.6. The van der Waals surface area contributed by atoms with Crippen LogP contribution in [0.15, 0.2) is 133 Å². The van der Waals surface area contributed by atoms with Gasteiger partial charge in [0.05, 0.1) is 0 Å². The zero-order valence-corrected chi connectivity index (χ0v) is 42.8. The second-order valence-corrected chi connectivity index (χ2v) is 19.7. The van der Waals surface area contributed by atoms with Gasteiger partial charge in [0.15, 0.2) is 0 Å². The first-order valence-corrected chi connectivity index (χ1v) is 22.6. The molecule has 61 heavy (non-hydrogen) atoms. The standard InChI is InChI=1S/C31H29.C13H8Cl2.C12H19.2ClH.Zr/c1-18-11-20(3)30(21(4)12-18)24-7-9-28-26(15-24)17-27-16-25(8-10-29(27)28)31-22(5)13-19(2)14-23(31)6;14-12-5-1-10(2-6-12)9-11-3-7-13(15)8-4-11;1-9(2)10-6-7-11(8-10)12(3,4)5;;;/h7-17H,1-6H3;1-8H;7-10H,1-5H3;2*1H;/q-1;;-1;;;+2/p-2. The summed E-state index contributed by atoms with van der Waals surface area (Å²) < 4.78 is 1.31. The molecule has 8 rings (SSSR count). The molecule has 1 unspecified atom stereocenters. The maximum atomic E-state index is 5.86. The largest absolute Gasteiger partial charge is 1.00 e. The Morgan fingerprint density at radius 3 is 1.28 bits per heavy atom. The summed E-state index contributed by atoms with van der Waals surface area (Å²) in [5, 5.41) is 6.85. The van der Waals surface area contributed by atoms with Gasteiger partial charge in [0.2, 0.25) is 0 Å². The summed E-state index contributed by atoms with van der Waals surface area (Å²) in [6.07, 6.45) is 7.90. The van der Waals surface area contributed by atoms with E-state index in [0.717, 1.165) is 10.0 Å². The van der Waals surface area contributed by atoms with E-state index in [2.05, 4.69) is 161 Å². The number of hydrogen-bond donors (Lipinski definition) is 0. The molecule has 0 aliphatic heterocycles. The molecule has 0 radical (unpaired) electrons. The van der Waals surface area contributed by atoms with Crippen molar-refractivity contribution in [2.24, 2.45) is 17.3 Å². The monoisotopic (exact) mass is 958 g/mol. The number of halogens is 4. The molecule has 0 bridgehead atoms. The maximum Gasteiger partial charge on any atom is -1.00 e. The quantitative estimate of drug-likeness (QED) is 0.151. The van der Waals surface area contributed by atoms with E-state index in [1.165, 1.54) is 121 Å². The Bertz CT molecular complexity index is 2500. The Kier molecular flexibility index (Phi) is 17.5. The van der Waals surface area contributed by atoms with Crippen LogP contribution in [0.2, 0.25) is 10.0 Å². The third-order valence-electron chi connectivity index (χ3n) is 11.3. The third-order valence-corrected chi connectivity index (χ3v) is 13.2. The van der Waals surface area contributed by atoms with Gasteiger partial charge >= 0.3 is 120 Å². The van der Waals surface area contributed by atoms with Gasteiger partial charge in [0.25, 0.3) is 0 Å². The summed E-state index contributed by atoms with van der Waals surface area (Å²) in [6.45, 7) is 24.5. The minimum absolute atomic E-state index is 0. The van der Waals surface area contributed by atoms with E-state index >= 15 is 0 Å². The molecule has 5 heteroatoms. The molecule has 1 aliphatic carbocycles. The van der Waals surface area contributed by atoms with Crippen LogP contribution in [-0.4, -0.2) is 3.21 Å². The average molecular weight is 962 g/mol. The van der Waals surface area contributed by atoms with Crippen molar-refractivity contribution < 1.29 is 49.0 Å². The molecule has 1 aliphatic rings. The van der Waals surface area contributed by atoms with Gasteiger partial charge in [-0.1, -0.05) is 123 Å². The summed E-state index contributed by atoms with van der Waals surface area (Å²) >= 11 is 13.1. The number of hydrogen-bond acceptors (Lipinski definition) is 0. The Labute approximate surface area is 403 Å². The summed E-state index contributed by atoms with van der Waals surface area (Å²) in [6, 6.07) is 41.2.